The predicted octanol–water partition coefficient (Wildman–Crippen LogP) is 1.23. The lowest BCUT2D eigenvalue weighted by Crippen LogP contribution is -2.38. The summed E-state index contributed by atoms with van der Waals surface area (Å²) in [6.07, 6.45) is 0. The Balaban J connectivity index is 2.62. The summed E-state index contributed by atoms with van der Waals surface area (Å²) in [6.45, 7) is 1.12. The summed E-state index contributed by atoms with van der Waals surface area (Å²) in [4.78, 5) is 25.2. The number of nitrogens with zero attached hydrogens (tertiary/aromatic N) is 1. The number of aromatic hydroxyl groups is 1. The lowest BCUT2D eigenvalue weighted by molar-refractivity contribution is -0.140. The molecule has 7 nitrogen and oxygen atoms in total. The van der Waals surface area contributed by atoms with Crippen LogP contribution < -0.4 is 4.90 Å². The number of halogens is 1. The van der Waals surface area contributed by atoms with E-state index >= 15 is 0 Å². The number of ether oxygens (including phenoxy) is 3. The van der Waals surface area contributed by atoms with E-state index in [1.807, 2.05) is 0 Å². The fourth-order valence-corrected chi connectivity index (χ4v) is 2.21. The van der Waals surface area contributed by atoms with Gasteiger partial charge in [0.1, 0.15) is 24.0 Å². The number of hydrogen-bond donors (Lipinski definition) is 1. The summed E-state index contributed by atoms with van der Waals surface area (Å²) < 4.78 is 28.1. The van der Waals surface area contributed by atoms with Gasteiger partial charge in [0.2, 0.25) is 0 Å². The molecule has 0 fully saturated rings. The normalized spacial score (nSPS) is 14.7. The Morgan fingerprint density at radius 3 is 2.52 bits per heavy atom. The SMILES string of the molecule is COC(=O)C1=C(C(=O)OC)N(c2ccc(F)c(C)c2O)COC1. The highest BCUT2D eigenvalue weighted by atomic mass is 19.1. The maximum atomic E-state index is 13.5. The van der Waals surface area contributed by atoms with Crippen molar-refractivity contribution in [2.75, 3.05) is 32.5 Å². The van der Waals surface area contributed by atoms with Crippen LogP contribution in [-0.4, -0.2) is 44.6 Å². The summed E-state index contributed by atoms with van der Waals surface area (Å²) >= 11 is 0. The van der Waals surface area contributed by atoms with Crippen LogP contribution in [0, 0.1) is 12.7 Å². The second-order valence-corrected chi connectivity index (χ2v) is 4.76. The number of phenols is 1. The third-order valence-corrected chi connectivity index (χ3v) is 3.47. The number of phenolic OH excluding ortho intramolecular Hbond substituents is 1. The largest absolute Gasteiger partial charge is 0.505 e. The lowest BCUT2D eigenvalue weighted by atomic mass is 10.1. The molecule has 8 heteroatoms. The summed E-state index contributed by atoms with van der Waals surface area (Å²) in [5.74, 6) is -2.51. The fraction of sp³-hybridized carbons (Fsp3) is 0.333. The molecule has 0 aromatic heterocycles. The fourth-order valence-electron chi connectivity index (χ4n) is 2.21. The third kappa shape index (κ3) is 2.98. The van der Waals surface area contributed by atoms with E-state index < -0.39 is 17.8 Å². The zero-order valence-electron chi connectivity index (χ0n) is 12.9. The molecule has 1 N–H and O–H groups in total. The van der Waals surface area contributed by atoms with E-state index in [4.69, 9.17) is 9.47 Å². The first kappa shape index (κ1) is 16.8. The maximum absolute atomic E-state index is 13.5. The van der Waals surface area contributed by atoms with Gasteiger partial charge in [-0.15, -0.1) is 0 Å². The predicted molar refractivity (Wildman–Crippen MR) is 77.2 cm³/mol. The Labute approximate surface area is 131 Å². The van der Waals surface area contributed by atoms with Crippen LogP contribution >= 0.6 is 0 Å². The van der Waals surface area contributed by atoms with Crippen molar-refractivity contribution >= 4 is 17.6 Å². The van der Waals surface area contributed by atoms with Crippen LogP contribution in [0.25, 0.3) is 0 Å². The Hall–Kier alpha value is -2.61. The Bertz CT molecular complexity index is 685. The molecule has 2 rings (SSSR count). The molecule has 0 saturated heterocycles. The van der Waals surface area contributed by atoms with Crippen molar-refractivity contribution in [1.82, 2.24) is 0 Å². The van der Waals surface area contributed by atoms with Crippen LogP contribution in [0.2, 0.25) is 0 Å². The Morgan fingerprint density at radius 1 is 1.26 bits per heavy atom. The highest BCUT2D eigenvalue weighted by molar-refractivity contribution is 6.03. The molecule has 1 aliphatic rings. The first-order chi connectivity index (χ1) is 10.9. The lowest BCUT2D eigenvalue weighted by Gasteiger charge is -2.31. The molecule has 23 heavy (non-hydrogen) atoms. The number of hydrogen-bond acceptors (Lipinski definition) is 7. The average Bonchev–Trinajstić information content (AvgIpc) is 2.57. The van der Waals surface area contributed by atoms with Crippen molar-refractivity contribution < 1.29 is 33.3 Å². The Kier molecular flexibility index (Phi) is 4.85. The van der Waals surface area contributed by atoms with E-state index in [-0.39, 0.29) is 41.6 Å². The van der Waals surface area contributed by atoms with Gasteiger partial charge in [-0.25, -0.2) is 14.0 Å². The van der Waals surface area contributed by atoms with Gasteiger partial charge >= 0.3 is 11.9 Å². The Morgan fingerprint density at radius 2 is 1.91 bits per heavy atom. The van der Waals surface area contributed by atoms with E-state index in [9.17, 15) is 19.1 Å². The summed E-state index contributed by atoms with van der Waals surface area (Å²) in [5, 5.41) is 10.2. The molecule has 0 bridgehead atoms. The topological polar surface area (TPSA) is 85.3 Å². The zero-order chi connectivity index (χ0) is 17.1. The highest BCUT2D eigenvalue weighted by Gasteiger charge is 2.33. The van der Waals surface area contributed by atoms with Gasteiger partial charge in [-0.05, 0) is 19.1 Å². The molecule has 0 atom stereocenters. The molecule has 1 aliphatic heterocycles. The smallest absolute Gasteiger partial charge is 0.355 e. The van der Waals surface area contributed by atoms with Crippen LogP contribution in [0.3, 0.4) is 0 Å². The van der Waals surface area contributed by atoms with E-state index in [0.29, 0.717) is 0 Å². The van der Waals surface area contributed by atoms with Crippen molar-refractivity contribution in [3.05, 3.63) is 34.8 Å². The molecule has 124 valence electrons. The molecule has 1 aromatic carbocycles. The van der Waals surface area contributed by atoms with E-state index in [2.05, 4.69) is 4.74 Å². The van der Waals surface area contributed by atoms with Gasteiger partial charge < -0.3 is 24.2 Å². The molecule has 0 amide bonds. The van der Waals surface area contributed by atoms with Crippen molar-refractivity contribution in [2.24, 2.45) is 0 Å². The van der Waals surface area contributed by atoms with Crippen molar-refractivity contribution in [2.45, 2.75) is 6.92 Å². The van der Waals surface area contributed by atoms with E-state index in [0.717, 1.165) is 13.2 Å². The average molecular weight is 325 g/mol. The monoisotopic (exact) mass is 325 g/mol. The van der Waals surface area contributed by atoms with E-state index in [1.165, 1.54) is 25.0 Å². The summed E-state index contributed by atoms with van der Waals surface area (Å²) in [7, 11) is 2.33. The third-order valence-electron chi connectivity index (χ3n) is 3.47. The molecule has 0 aliphatic carbocycles. The summed E-state index contributed by atoms with van der Waals surface area (Å²) in [6, 6.07) is 2.43. The number of anilines is 1. The number of methoxy groups -OCH3 is 2. The molecular weight excluding hydrogens is 309 g/mol. The first-order valence-electron chi connectivity index (χ1n) is 6.65. The highest BCUT2D eigenvalue weighted by Crippen LogP contribution is 2.36. The maximum Gasteiger partial charge on any atom is 0.355 e. The van der Waals surface area contributed by atoms with Crippen molar-refractivity contribution in [3.8, 4) is 5.75 Å². The van der Waals surface area contributed by atoms with Crippen LogP contribution in [0.15, 0.2) is 23.4 Å². The van der Waals surface area contributed by atoms with Gasteiger partial charge in [0.25, 0.3) is 0 Å². The van der Waals surface area contributed by atoms with Gasteiger partial charge in [-0.2, -0.15) is 0 Å². The van der Waals surface area contributed by atoms with Crippen molar-refractivity contribution in [3.63, 3.8) is 0 Å². The molecular formula is C15H16FNO6. The van der Waals surface area contributed by atoms with Gasteiger partial charge in [-0.1, -0.05) is 0 Å². The van der Waals surface area contributed by atoms with E-state index in [1.54, 1.807) is 0 Å². The minimum atomic E-state index is -0.796. The van der Waals surface area contributed by atoms with Crippen LogP contribution in [0.5, 0.6) is 5.75 Å². The van der Waals surface area contributed by atoms with Crippen LogP contribution in [0.4, 0.5) is 10.1 Å². The molecule has 1 heterocycles. The minimum absolute atomic E-state index is 0.0110. The van der Waals surface area contributed by atoms with Crippen LogP contribution in [-0.2, 0) is 23.8 Å². The minimum Gasteiger partial charge on any atom is -0.505 e. The van der Waals surface area contributed by atoms with Gasteiger partial charge in [-0.3, -0.25) is 0 Å². The summed E-state index contributed by atoms with van der Waals surface area (Å²) in [5.41, 5.74) is -0.0406. The van der Waals surface area contributed by atoms with Crippen LogP contribution in [0.1, 0.15) is 5.56 Å². The standard InChI is InChI=1S/C15H16FNO6/c1-8-10(16)4-5-11(13(8)18)17-7-23-6-9(14(19)21-2)12(17)15(20)22-3/h4-5,18H,6-7H2,1-3H3. The quantitative estimate of drug-likeness (QED) is 0.837. The van der Waals surface area contributed by atoms with Crippen molar-refractivity contribution in [1.29, 1.82) is 0 Å². The second-order valence-electron chi connectivity index (χ2n) is 4.76. The van der Waals surface area contributed by atoms with Gasteiger partial charge in [0.15, 0.2) is 0 Å². The number of carbonyl (C=O) groups is 2. The molecule has 0 unspecified atom stereocenters. The number of esters is 2. The second kappa shape index (κ2) is 6.66. The first-order valence-corrected chi connectivity index (χ1v) is 6.65. The zero-order valence-corrected chi connectivity index (χ0v) is 12.9. The molecule has 0 spiro atoms. The molecule has 0 radical (unpaired) electrons. The number of rotatable bonds is 3. The van der Waals surface area contributed by atoms with Gasteiger partial charge in [0.05, 0.1) is 32.1 Å². The number of benzene rings is 1. The molecule has 0 saturated carbocycles. The number of carbonyl (C=O) groups excluding carboxylic acids is 2. The van der Waals surface area contributed by atoms with Gasteiger partial charge in [0, 0.05) is 5.56 Å². The molecule has 1 aromatic rings.